The molecule has 36 heavy (non-hydrogen) atoms. The highest BCUT2D eigenvalue weighted by Gasteiger charge is 2.37. The van der Waals surface area contributed by atoms with Crippen LogP contribution in [-0.4, -0.2) is 52.6 Å². The van der Waals surface area contributed by atoms with Gasteiger partial charge in [-0.05, 0) is 17.7 Å². The van der Waals surface area contributed by atoms with Crippen LogP contribution in [0.4, 0.5) is 0 Å². The summed E-state index contributed by atoms with van der Waals surface area (Å²) >= 11 is 0. The van der Waals surface area contributed by atoms with Crippen molar-refractivity contribution in [2.45, 2.75) is 25.9 Å². The van der Waals surface area contributed by atoms with Crippen LogP contribution >= 0.6 is 0 Å². The molecule has 4 rings (SSSR count). The van der Waals surface area contributed by atoms with Crippen molar-refractivity contribution < 1.29 is 24.1 Å². The molecule has 188 valence electrons. The number of benzene rings is 2. The van der Waals surface area contributed by atoms with Gasteiger partial charge < -0.3 is 19.3 Å². The summed E-state index contributed by atoms with van der Waals surface area (Å²) in [4.78, 5) is 40.1. The number of methoxy groups -OCH3 is 3. The maximum absolute atomic E-state index is 12.8. The summed E-state index contributed by atoms with van der Waals surface area (Å²) in [7, 11) is 4.43. The Bertz CT molecular complexity index is 1440. The highest BCUT2D eigenvalue weighted by atomic mass is 16.5. The molecule has 0 aliphatic carbocycles. The Morgan fingerprint density at radius 3 is 2.36 bits per heavy atom. The van der Waals surface area contributed by atoms with Crippen molar-refractivity contribution in [3.8, 4) is 23.1 Å². The number of hydrogen-bond acceptors (Lipinski definition) is 8. The van der Waals surface area contributed by atoms with Gasteiger partial charge in [-0.3, -0.25) is 19.1 Å². The summed E-state index contributed by atoms with van der Waals surface area (Å²) in [5.74, 6) is 0.201. The van der Waals surface area contributed by atoms with Crippen LogP contribution in [0.25, 0.3) is 0 Å². The summed E-state index contributed by atoms with van der Waals surface area (Å²) in [6, 6.07) is 11.8. The molecular weight excluding hydrogens is 468 g/mol. The zero-order chi connectivity index (χ0) is 26.0. The number of H-pyrrole nitrogens is 1. The molecule has 0 radical (unpaired) electrons. The van der Waals surface area contributed by atoms with E-state index >= 15 is 0 Å². The van der Waals surface area contributed by atoms with Gasteiger partial charge in [0.1, 0.15) is 5.56 Å². The molecule has 0 saturated heterocycles. The number of carbonyl (C=O) groups is 1. The number of nitrogens with one attached hydrogen (secondary N) is 1. The fourth-order valence-electron chi connectivity index (χ4n) is 4.31. The standard InChI is InChI=1S/C25H26N4O7/c1-14(30)29-18(16-10-11-19(34-2)22(36-4)21(16)35-3)12-17(27-29)20-23(31)26-25(33)28(24(20)32)13-15-8-6-5-7-9-15/h5-11,18,32H,12-13H2,1-4H3,(H,26,31,33)/t18-/m0/s1. The topological polar surface area (TPSA) is 135 Å². The molecule has 0 unspecified atom stereocenters. The first-order chi connectivity index (χ1) is 17.3. The molecule has 2 N–H and O–H groups in total. The number of aromatic hydroxyl groups is 1. The second-order valence-electron chi connectivity index (χ2n) is 8.08. The predicted octanol–water partition coefficient (Wildman–Crippen LogP) is 2.01. The number of aromatic nitrogens is 2. The third kappa shape index (κ3) is 4.30. The summed E-state index contributed by atoms with van der Waals surface area (Å²) in [6.45, 7) is 1.37. The smallest absolute Gasteiger partial charge is 0.331 e. The average Bonchev–Trinajstić information content (AvgIpc) is 3.31. The highest BCUT2D eigenvalue weighted by molar-refractivity contribution is 6.04. The van der Waals surface area contributed by atoms with E-state index < -0.39 is 23.2 Å². The first kappa shape index (κ1) is 24.6. The van der Waals surface area contributed by atoms with E-state index in [-0.39, 0.29) is 30.1 Å². The molecule has 1 aliphatic rings. The number of carbonyl (C=O) groups excluding carboxylic acids is 1. The van der Waals surface area contributed by atoms with Crippen molar-refractivity contribution in [3.05, 3.63) is 80.0 Å². The molecule has 1 amide bonds. The number of amides is 1. The van der Waals surface area contributed by atoms with Crippen molar-refractivity contribution in [2.75, 3.05) is 21.3 Å². The first-order valence-electron chi connectivity index (χ1n) is 11.1. The van der Waals surface area contributed by atoms with E-state index in [9.17, 15) is 19.5 Å². The molecule has 11 nitrogen and oxygen atoms in total. The zero-order valence-corrected chi connectivity index (χ0v) is 20.3. The van der Waals surface area contributed by atoms with Crippen LogP contribution in [0.3, 0.4) is 0 Å². The quantitative estimate of drug-likeness (QED) is 0.513. The number of rotatable bonds is 7. The van der Waals surface area contributed by atoms with E-state index in [4.69, 9.17) is 14.2 Å². The van der Waals surface area contributed by atoms with Gasteiger partial charge in [-0.15, -0.1) is 0 Å². The molecule has 2 heterocycles. The van der Waals surface area contributed by atoms with Crippen LogP contribution in [0, 0.1) is 0 Å². The fraction of sp³-hybridized carbons (Fsp3) is 0.280. The first-order valence-corrected chi connectivity index (χ1v) is 11.1. The molecule has 11 heteroatoms. The van der Waals surface area contributed by atoms with Crippen molar-refractivity contribution >= 4 is 11.6 Å². The van der Waals surface area contributed by atoms with Gasteiger partial charge in [0.25, 0.3) is 5.56 Å². The van der Waals surface area contributed by atoms with Crippen molar-refractivity contribution in [2.24, 2.45) is 5.10 Å². The summed E-state index contributed by atoms with van der Waals surface area (Å²) in [5, 5.41) is 16.6. The van der Waals surface area contributed by atoms with Crippen LogP contribution in [0.1, 0.15) is 36.1 Å². The van der Waals surface area contributed by atoms with Crippen molar-refractivity contribution in [1.82, 2.24) is 14.6 Å². The maximum Gasteiger partial charge on any atom is 0.331 e. The number of hydrogen-bond donors (Lipinski definition) is 2. The van der Waals surface area contributed by atoms with Gasteiger partial charge in [-0.1, -0.05) is 30.3 Å². The van der Waals surface area contributed by atoms with E-state index in [0.29, 0.717) is 22.8 Å². The molecule has 0 saturated carbocycles. The minimum atomic E-state index is -0.802. The third-order valence-corrected chi connectivity index (χ3v) is 5.97. The van der Waals surface area contributed by atoms with Crippen LogP contribution in [0.2, 0.25) is 0 Å². The third-order valence-electron chi connectivity index (χ3n) is 5.97. The van der Waals surface area contributed by atoms with Crippen molar-refractivity contribution in [1.29, 1.82) is 0 Å². The molecule has 0 fully saturated rings. The van der Waals surface area contributed by atoms with Gasteiger partial charge in [0.05, 0.1) is 39.6 Å². The number of hydrazone groups is 1. The Labute approximate surface area is 206 Å². The van der Waals surface area contributed by atoms with Gasteiger partial charge in [-0.2, -0.15) is 5.10 Å². The van der Waals surface area contributed by atoms with Crippen LogP contribution in [0.15, 0.2) is 57.2 Å². The van der Waals surface area contributed by atoms with E-state index in [2.05, 4.69) is 10.1 Å². The highest BCUT2D eigenvalue weighted by Crippen LogP contribution is 2.46. The lowest BCUT2D eigenvalue weighted by molar-refractivity contribution is -0.130. The predicted molar refractivity (Wildman–Crippen MR) is 131 cm³/mol. The van der Waals surface area contributed by atoms with E-state index in [0.717, 1.165) is 10.1 Å². The molecule has 1 aliphatic heterocycles. The fourth-order valence-corrected chi connectivity index (χ4v) is 4.31. The lowest BCUT2D eigenvalue weighted by atomic mass is 9.97. The maximum atomic E-state index is 12.8. The van der Waals surface area contributed by atoms with Gasteiger partial charge in [-0.25, -0.2) is 9.80 Å². The number of ether oxygens (including phenoxy) is 3. The number of nitrogens with zero attached hydrogens (tertiary/aromatic N) is 3. The van der Waals surface area contributed by atoms with E-state index in [1.165, 1.54) is 33.3 Å². The zero-order valence-electron chi connectivity index (χ0n) is 20.3. The summed E-state index contributed by atoms with van der Waals surface area (Å²) in [6.07, 6.45) is 0.0750. The van der Waals surface area contributed by atoms with Crippen molar-refractivity contribution in [3.63, 3.8) is 0 Å². The average molecular weight is 495 g/mol. The minimum absolute atomic E-state index is 0.0337. The van der Waals surface area contributed by atoms with Gasteiger partial charge in [0.2, 0.25) is 17.5 Å². The Balaban J connectivity index is 1.81. The largest absolute Gasteiger partial charge is 0.494 e. The normalized spacial score (nSPS) is 14.9. The molecule has 1 atom stereocenters. The Hall–Kier alpha value is -4.54. The van der Waals surface area contributed by atoms with Gasteiger partial charge in [0.15, 0.2) is 11.5 Å². The van der Waals surface area contributed by atoms with E-state index in [1.54, 1.807) is 36.4 Å². The van der Waals surface area contributed by atoms with Crippen LogP contribution < -0.4 is 25.5 Å². The minimum Gasteiger partial charge on any atom is -0.494 e. The van der Waals surface area contributed by atoms with E-state index in [1.807, 2.05) is 6.07 Å². The van der Waals surface area contributed by atoms with Gasteiger partial charge in [0, 0.05) is 18.9 Å². The second-order valence-corrected chi connectivity index (χ2v) is 8.08. The van der Waals surface area contributed by atoms with Crippen LogP contribution in [-0.2, 0) is 11.3 Å². The lowest BCUT2D eigenvalue weighted by Crippen LogP contribution is -2.34. The molecule has 0 bridgehead atoms. The summed E-state index contributed by atoms with van der Waals surface area (Å²) in [5.41, 5.74) is -0.280. The Kier molecular flexibility index (Phi) is 6.82. The Morgan fingerprint density at radius 1 is 1.06 bits per heavy atom. The second kappa shape index (κ2) is 9.98. The SMILES string of the molecule is COc1ccc([C@@H]2CC(c3c(O)n(Cc4ccccc4)c(=O)[nH]c3=O)=NN2C(C)=O)c(OC)c1OC. The van der Waals surface area contributed by atoms with Gasteiger partial charge >= 0.3 is 5.69 Å². The molecular formula is C25H26N4O7. The molecule has 1 aromatic heterocycles. The molecule has 3 aromatic rings. The summed E-state index contributed by atoms with van der Waals surface area (Å²) < 4.78 is 17.4. The van der Waals surface area contributed by atoms with Crippen LogP contribution in [0.5, 0.6) is 23.1 Å². The molecule has 2 aromatic carbocycles. The molecule has 0 spiro atoms. The monoisotopic (exact) mass is 494 g/mol. The lowest BCUT2D eigenvalue weighted by Gasteiger charge is -2.24. The Morgan fingerprint density at radius 2 is 1.75 bits per heavy atom. The number of aromatic amines is 1.